The first-order valence-electron chi connectivity index (χ1n) is 5.89. The molecule has 1 aliphatic rings. The third kappa shape index (κ3) is 2.65. The van der Waals surface area contributed by atoms with Gasteiger partial charge in [-0.1, -0.05) is 38.1 Å². The lowest BCUT2D eigenvalue weighted by Gasteiger charge is -2.33. The molecule has 2 nitrogen and oxygen atoms in total. The van der Waals surface area contributed by atoms with Crippen LogP contribution in [-0.4, -0.2) is 22.6 Å². The molecule has 0 atom stereocenters. The number of carboxylic acids is 1. The Morgan fingerprint density at radius 2 is 2.06 bits per heavy atom. The average molecular weight is 250 g/mol. The van der Waals surface area contributed by atoms with Crippen molar-refractivity contribution in [1.29, 1.82) is 0 Å². The molecule has 1 fully saturated rings. The van der Waals surface area contributed by atoms with Crippen molar-refractivity contribution in [2.45, 2.75) is 31.6 Å². The second kappa shape index (κ2) is 4.73. The van der Waals surface area contributed by atoms with Crippen molar-refractivity contribution in [1.82, 2.24) is 0 Å². The minimum Gasteiger partial charge on any atom is -0.481 e. The Balaban J connectivity index is 2.33. The van der Waals surface area contributed by atoms with Crippen molar-refractivity contribution in [2.75, 3.05) is 11.5 Å². The lowest BCUT2D eigenvalue weighted by Crippen LogP contribution is -2.26. The number of thioether (sulfide) groups is 1. The van der Waals surface area contributed by atoms with Gasteiger partial charge in [0.1, 0.15) is 0 Å². The van der Waals surface area contributed by atoms with Crippen LogP contribution in [0.25, 0.3) is 0 Å². The Morgan fingerprint density at radius 3 is 2.59 bits per heavy atom. The van der Waals surface area contributed by atoms with Crippen LogP contribution in [-0.2, 0) is 10.2 Å². The van der Waals surface area contributed by atoms with Gasteiger partial charge in [-0.3, -0.25) is 4.79 Å². The highest BCUT2D eigenvalue weighted by Crippen LogP contribution is 2.40. The molecule has 0 spiro atoms. The second-order valence-electron chi connectivity index (χ2n) is 5.28. The van der Waals surface area contributed by atoms with Crippen molar-refractivity contribution in [3.63, 3.8) is 0 Å². The molecule has 1 aromatic carbocycles. The van der Waals surface area contributed by atoms with Crippen LogP contribution in [0.15, 0.2) is 24.3 Å². The van der Waals surface area contributed by atoms with Crippen molar-refractivity contribution in [2.24, 2.45) is 0 Å². The zero-order chi connectivity index (χ0) is 12.5. The highest BCUT2D eigenvalue weighted by molar-refractivity contribution is 8.00. The predicted molar refractivity (Wildman–Crippen MR) is 71.8 cm³/mol. The first-order valence-corrected chi connectivity index (χ1v) is 7.05. The molecule has 1 aromatic rings. The maximum atomic E-state index is 10.9. The van der Waals surface area contributed by atoms with Gasteiger partial charge in [0, 0.05) is 22.8 Å². The zero-order valence-electron chi connectivity index (χ0n) is 10.3. The number of hydrogen-bond donors (Lipinski definition) is 1. The molecule has 2 rings (SSSR count). The summed E-state index contributed by atoms with van der Waals surface area (Å²) in [5, 5.41) is 9.01. The van der Waals surface area contributed by atoms with Crippen LogP contribution in [0.4, 0.5) is 0 Å². The maximum absolute atomic E-state index is 10.9. The molecular weight excluding hydrogens is 232 g/mol. The van der Waals surface area contributed by atoms with Crippen LogP contribution >= 0.6 is 11.8 Å². The van der Waals surface area contributed by atoms with E-state index in [1.807, 2.05) is 31.7 Å². The molecule has 0 aliphatic carbocycles. The van der Waals surface area contributed by atoms with E-state index in [0.29, 0.717) is 5.92 Å². The Morgan fingerprint density at radius 1 is 1.41 bits per heavy atom. The lowest BCUT2D eigenvalue weighted by atomic mass is 9.77. The summed E-state index contributed by atoms with van der Waals surface area (Å²) in [5.74, 6) is 2.22. The number of rotatable bonds is 4. The van der Waals surface area contributed by atoms with Crippen molar-refractivity contribution in [3.05, 3.63) is 35.4 Å². The SMILES string of the molecule is CC(C)(CC(=O)O)c1ccccc1C1CSC1. The van der Waals surface area contributed by atoms with E-state index in [-0.39, 0.29) is 11.8 Å². The van der Waals surface area contributed by atoms with E-state index in [4.69, 9.17) is 5.11 Å². The molecule has 1 saturated heterocycles. The molecule has 0 bridgehead atoms. The van der Waals surface area contributed by atoms with E-state index in [1.54, 1.807) is 0 Å². The van der Waals surface area contributed by atoms with Gasteiger partial charge in [0.15, 0.2) is 0 Å². The van der Waals surface area contributed by atoms with Crippen molar-refractivity contribution >= 4 is 17.7 Å². The molecule has 1 heterocycles. The molecule has 92 valence electrons. The van der Waals surface area contributed by atoms with Gasteiger partial charge in [-0.25, -0.2) is 0 Å². The quantitative estimate of drug-likeness (QED) is 0.891. The molecule has 0 unspecified atom stereocenters. The first kappa shape index (κ1) is 12.5. The van der Waals surface area contributed by atoms with E-state index < -0.39 is 5.97 Å². The molecule has 0 radical (unpaired) electrons. The van der Waals surface area contributed by atoms with Gasteiger partial charge in [-0.2, -0.15) is 11.8 Å². The maximum Gasteiger partial charge on any atom is 0.304 e. The second-order valence-corrected chi connectivity index (χ2v) is 6.35. The number of carboxylic acid groups (broad SMARTS) is 1. The minimum atomic E-state index is -0.729. The van der Waals surface area contributed by atoms with Crippen LogP contribution in [0.1, 0.15) is 37.3 Å². The van der Waals surface area contributed by atoms with Crippen LogP contribution in [0, 0.1) is 0 Å². The van der Waals surface area contributed by atoms with Crippen LogP contribution in [0.2, 0.25) is 0 Å². The van der Waals surface area contributed by atoms with E-state index in [0.717, 1.165) is 0 Å². The Hall–Kier alpha value is -0.960. The van der Waals surface area contributed by atoms with E-state index in [1.165, 1.54) is 22.6 Å². The van der Waals surface area contributed by atoms with Gasteiger partial charge in [0.05, 0.1) is 6.42 Å². The van der Waals surface area contributed by atoms with Crippen molar-refractivity contribution < 1.29 is 9.90 Å². The third-order valence-corrected chi connectivity index (χ3v) is 4.64. The van der Waals surface area contributed by atoms with E-state index in [9.17, 15) is 4.79 Å². The highest BCUT2D eigenvalue weighted by atomic mass is 32.2. The number of carbonyl (C=O) groups is 1. The van der Waals surface area contributed by atoms with Gasteiger partial charge in [-0.05, 0) is 11.1 Å². The van der Waals surface area contributed by atoms with Crippen LogP contribution in [0.5, 0.6) is 0 Å². The molecule has 1 aliphatic heterocycles. The van der Waals surface area contributed by atoms with Crippen molar-refractivity contribution in [3.8, 4) is 0 Å². The molecule has 0 amide bonds. The van der Waals surface area contributed by atoms with E-state index >= 15 is 0 Å². The number of hydrogen-bond acceptors (Lipinski definition) is 2. The molecule has 0 saturated carbocycles. The Labute approximate surface area is 106 Å². The third-order valence-electron chi connectivity index (χ3n) is 3.36. The molecular formula is C14H18O2S. The summed E-state index contributed by atoms with van der Waals surface area (Å²) in [4.78, 5) is 10.9. The fourth-order valence-electron chi connectivity index (χ4n) is 2.36. The Kier molecular flexibility index (Phi) is 3.48. The average Bonchev–Trinajstić information content (AvgIpc) is 2.13. The van der Waals surface area contributed by atoms with E-state index in [2.05, 4.69) is 18.2 Å². The smallest absolute Gasteiger partial charge is 0.304 e. The normalized spacial score (nSPS) is 16.6. The molecule has 3 heteroatoms. The van der Waals surface area contributed by atoms with Gasteiger partial charge in [-0.15, -0.1) is 0 Å². The predicted octanol–water partition coefficient (Wildman–Crippen LogP) is 3.27. The summed E-state index contributed by atoms with van der Waals surface area (Å²) in [7, 11) is 0. The Bertz CT molecular complexity index is 422. The molecule has 17 heavy (non-hydrogen) atoms. The molecule has 1 N–H and O–H groups in total. The van der Waals surface area contributed by atoms with Crippen LogP contribution < -0.4 is 0 Å². The fourth-order valence-corrected chi connectivity index (χ4v) is 3.19. The highest BCUT2D eigenvalue weighted by Gasteiger charge is 2.30. The zero-order valence-corrected chi connectivity index (χ0v) is 11.1. The summed E-state index contributed by atoms with van der Waals surface area (Å²) in [6.45, 7) is 4.04. The summed E-state index contributed by atoms with van der Waals surface area (Å²) in [6.07, 6.45) is 0.184. The number of benzene rings is 1. The van der Waals surface area contributed by atoms with Crippen LogP contribution in [0.3, 0.4) is 0 Å². The minimum absolute atomic E-state index is 0.184. The summed E-state index contributed by atoms with van der Waals surface area (Å²) >= 11 is 1.96. The topological polar surface area (TPSA) is 37.3 Å². The lowest BCUT2D eigenvalue weighted by molar-refractivity contribution is -0.138. The summed E-state index contributed by atoms with van der Waals surface area (Å²) < 4.78 is 0. The van der Waals surface area contributed by atoms with Gasteiger partial charge in [0.2, 0.25) is 0 Å². The monoisotopic (exact) mass is 250 g/mol. The first-order chi connectivity index (χ1) is 8.00. The standard InChI is InChI=1S/C14H18O2S/c1-14(2,7-13(15)16)12-6-4-3-5-11(12)10-8-17-9-10/h3-6,10H,7-9H2,1-2H3,(H,15,16). The summed E-state index contributed by atoms with van der Waals surface area (Å²) in [6, 6.07) is 8.30. The summed E-state index contributed by atoms with van der Waals surface area (Å²) in [5.41, 5.74) is 2.26. The fraction of sp³-hybridized carbons (Fsp3) is 0.500. The molecule has 0 aromatic heterocycles. The largest absolute Gasteiger partial charge is 0.481 e. The number of aliphatic carboxylic acids is 1. The van der Waals surface area contributed by atoms with Gasteiger partial charge in [0.25, 0.3) is 0 Å². The van der Waals surface area contributed by atoms with Gasteiger partial charge >= 0.3 is 5.97 Å². The van der Waals surface area contributed by atoms with Gasteiger partial charge < -0.3 is 5.11 Å².